The van der Waals surface area contributed by atoms with Crippen LogP contribution in [-0.2, 0) is 11.0 Å². The van der Waals surface area contributed by atoms with Crippen LogP contribution in [0.25, 0.3) is 0 Å². The van der Waals surface area contributed by atoms with Gasteiger partial charge < -0.3 is 0 Å². The van der Waals surface area contributed by atoms with Crippen molar-refractivity contribution in [2.45, 2.75) is 45.4 Å². The van der Waals surface area contributed by atoms with Gasteiger partial charge in [0.15, 0.2) is 0 Å². The molecule has 0 fully saturated rings. The third-order valence-electron chi connectivity index (χ3n) is 2.60. The monoisotopic (exact) mass is 277 g/mol. The van der Waals surface area contributed by atoms with Crippen molar-refractivity contribution in [3.8, 4) is 11.8 Å². The Hall–Kier alpha value is -1.11. The highest BCUT2D eigenvalue weighted by Gasteiger charge is 2.23. The van der Waals surface area contributed by atoms with Gasteiger partial charge in [0, 0.05) is 5.56 Å². The van der Waals surface area contributed by atoms with Gasteiger partial charge in [-0.2, -0.15) is 0 Å². The molecule has 1 aromatic carbocycles. The first-order valence-electron chi connectivity index (χ1n) is 6.55. The van der Waals surface area contributed by atoms with Crippen LogP contribution >= 0.6 is 0 Å². The van der Waals surface area contributed by atoms with Crippen LogP contribution in [0.2, 0.25) is 0 Å². The fourth-order valence-electron chi connectivity index (χ4n) is 1.31. The number of hydrogen-bond donors (Lipinski definition) is 1. The van der Waals surface area contributed by atoms with Gasteiger partial charge >= 0.3 is 0 Å². The van der Waals surface area contributed by atoms with E-state index in [1.54, 1.807) is 0 Å². The maximum atomic E-state index is 12.1. The van der Waals surface area contributed by atoms with Crippen molar-refractivity contribution in [3.63, 3.8) is 0 Å². The average Bonchev–Trinajstić information content (AvgIpc) is 2.33. The van der Waals surface area contributed by atoms with E-state index < -0.39 is 11.0 Å². The fourth-order valence-corrected chi connectivity index (χ4v) is 2.22. The molecule has 0 aromatic heterocycles. The molecule has 1 aromatic rings. The molecule has 2 nitrogen and oxygen atoms in total. The summed E-state index contributed by atoms with van der Waals surface area (Å²) in [6, 6.07) is 9.79. The van der Waals surface area contributed by atoms with E-state index in [1.165, 1.54) is 0 Å². The molecular weight excluding hydrogens is 254 g/mol. The van der Waals surface area contributed by atoms with Crippen molar-refractivity contribution >= 4 is 11.0 Å². The van der Waals surface area contributed by atoms with Crippen molar-refractivity contribution in [2.24, 2.45) is 5.92 Å². The fraction of sp³-hybridized carbons (Fsp3) is 0.500. The van der Waals surface area contributed by atoms with Crippen molar-refractivity contribution in [1.82, 2.24) is 4.72 Å². The second kappa shape index (κ2) is 6.88. The average molecular weight is 277 g/mol. The van der Waals surface area contributed by atoms with Gasteiger partial charge in [-0.15, -0.1) is 0 Å². The molecule has 3 heteroatoms. The summed E-state index contributed by atoms with van der Waals surface area (Å²) >= 11 is 0. The summed E-state index contributed by atoms with van der Waals surface area (Å²) in [5, 5.41) is 0. The number of benzene rings is 1. The lowest BCUT2D eigenvalue weighted by Crippen LogP contribution is -2.41. The zero-order valence-electron chi connectivity index (χ0n) is 12.4. The Morgan fingerprint density at radius 2 is 1.74 bits per heavy atom. The highest BCUT2D eigenvalue weighted by atomic mass is 32.2. The highest BCUT2D eigenvalue weighted by Crippen LogP contribution is 2.11. The number of hydrogen-bond acceptors (Lipinski definition) is 1. The van der Waals surface area contributed by atoms with Crippen LogP contribution < -0.4 is 4.72 Å². The van der Waals surface area contributed by atoms with E-state index in [1.807, 2.05) is 51.1 Å². The summed E-state index contributed by atoms with van der Waals surface area (Å²) in [4.78, 5) is 0. The molecule has 2 atom stereocenters. The van der Waals surface area contributed by atoms with E-state index >= 15 is 0 Å². The zero-order chi connectivity index (χ0) is 14.5. The molecular formula is C16H23NOS. The van der Waals surface area contributed by atoms with E-state index in [4.69, 9.17) is 0 Å². The van der Waals surface area contributed by atoms with E-state index in [-0.39, 0.29) is 10.8 Å². The minimum atomic E-state index is -1.10. The molecule has 1 N–H and O–H groups in total. The van der Waals surface area contributed by atoms with Gasteiger partial charge in [-0.1, -0.05) is 43.9 Å². The predicted molar refractivity (Wildman–Crippen MR) is 83.0 cm³/mol. The van der Waals surface area contributed by atoms with Gasteiger partial charge in [0.25, 0.3) is 0 Å². The van der Waals surface area contributed by atoms with Crippen molar-refractivity contribution < 1.29 is 4.21 Å². The Bertz CT molecular complexity index is 477. The van der Waals surface area contributed by atoms with Gasteiger partial charge in [0.1, 0.15) is 0 Å². The largest absolute Gasteiger partial charge is 0.242 e. The van der Waals surface area contributed by atoms with Gasteiger partial charge in [0.2, 0.25) is 0 Å². The zero-order valence-corrected chi connectivity index (χ0v) is 13.2. The third kappa shape index (κ3) is 5.59. The van der Waals surface area contributed by atoms with Crippen molar-refractivity contribution in [2.75, 3.05) is 0 Å². The SMILES string of the molecule is CC(C)C(C#Cc1ccccc1)NS(=O)C(C)(C)C. The Balaban J connectivity index is 2.81. The summed E-state index contributed by atoms with van der Waals surface area (Å²) in [7, 11) is -1.10. The van der Waals surface area contributed by atoms with Crippen LogP contribution in [0.5, 0.6) is 0 Å². The summed E-state index contributed by atoms with van der Waals surface area (Å²) < 4.78 is 15.0. The Morgan fingerprint density at radius 1 is 1.16 bits per heavy atom. The van der Waals surface area contributed by atoms with Crippen LogP contribution in [0, 0.1) is 17.8 Å². The minimum absolute atomic E-state index is 0.0692. The minimum Gasteiger partial charge on any atom is -0.242 e. The predicted octanol–water partition coefficient (Wildman–Crippen LogP) is 3.11. The van der Waals surface area contributed by atoms with Crippen molar-refractivity contribution in [1.29, 1.82) is 0 Å². The standard InChI is InChI=1S/C16H23NOS/c1-13(2)15(17-19(18)16(3,4)5)12-11-14-9-7-6-8-10-14/h6-10,13,15,17H,1-5H3. The molecule has 0 aliphatic carbocycles. The molecule has 0 amide bonds. The van der Waals surface area contributed by atoms with E-state index in [9.17, 15) is 4.21 Å². The molecule has 0 saturated heterocycles. The van der Waals surface area contributed by atoms with E-state index in [0.717, 1.165) is 5.56 Å². The molecule has 2 unspecified atom stereocenters. The Morgan fingerprint density at radius 3 is 2.21 bits per heavy atom. The summed E-state index contributed by atoms with van der Waals surface area (Å²) in [5.74, 6) is 6.63. The molecule has 0 heterocycles. The van der Waals surface area contributed by atoms with Crippen LogP contribution in [0.15, 0.2) is 30.3 Å². The molecule has 0 aliphatic rings. The third-order valence-corrected chi connectivity index (χ3v) is 4.18. The molecule has 0 bridgehead atoms. The maximum Gasteiger partial charge on any atom is 0.0981 e. The Labute approximate surface area is 119 Å². The summed E-state index contributed by atoms with van der Waals surface area (Å²) in [6.45, 7) is 10.0. The molecule has 0 radical (unpaired) electrons. The second-order valence-electron chi connectivity index (χ2n) is 5.86. The van der Waals surface area contributed by atoms with Crippen LogP contribution in [-0.4, -0.2) is 15.0 Å². The van der Waals surface area contributed by atoms with Crippen LogP contribution in [0.1, 0.15) is 40.2 Å². The smallest absolute Gasteiger partial charge is 0.0981 e. The lowest BCUT2D eigenvalue weighted by atomic mass is 10.1. The van der Waals surface area contributed by atoms with E-state index in [0.29, 0.717) is 5.92 Å². The van der Waals surface area contributed by atoms with Gasteiger partial charge in [-0.25, -0.2) is 8.93 Å². The molecule has 19 heavy (non-hydrogen) atoms. The summed E-state index contributed by atoms with van der Waals surface area (Å²) in [6.07, 6.45) is 0. The molecule has 104 valence electrons. The van der Waals surface area contributed by atoms with Crippen LogP contribution in [0.4, 0.5) is 0 Å². The van der Waals surface area contributed by atoms with Crippen LogP contribution in [0.3, 0.4) is 0 Å². The number of nitrogens with one attached hydrogen (secondary N) is 1. The maximum absolute atomic E-state index is 12.1. The second-order valence-corrected chi connectivity index (χ2v) is 7.85. The van der Waals surface area contributed by atoms with Gasteiger partial charge in [-0.05, 0) is 38.8 Å². The first-order valence-corrected chi connectivity index (χ1v) is 7.70. The summed E-state index contributed by atoms with van der Waals surface area (Å²) in [5.41, 5.74) is 0.983. The molecule has 1 rings (SSSR count). The molecule has 0 saturated carbocycles. The van der Waals surface area contributed by atoms with Gasteiger partial charge in [0.05, 0.1) is 21.8 Å². The van der Waals surface area contributed by atoms with Crippen molar-refractivity contribution in [3.05, 3.63) is 35.9 Å². The van der Waals surface area contributed by atoms with E-state index in [2.05, 4.69) is 30.4 Å². The Kier molecular flexibility index (Phi) is 5.78. The highest BCUT2D eigenvalue weighted by molar-refractivity contribution is 7.84. The molecule has 0 aliphatic heterocycles. The first kappa shape index (κ1) is 15.9. The normalized spacial score (nSPS) is 14.6. The molecule has 0 spiro atoms. The van der Waals surface area contributed by atoms with Gasteiger partial charge in [-0.3, -0.25) is 0 Å². The lowest BCUT2D eigenvalue weighted by Gasteiger charge is -2.23. The quantitative estimate of drug-likeness (QED) is 0.845. The topological polar surface area (TPSA) is 29.1 Å². The lowest BCUT2D eigenvalue weighted by molar-refractivity contribution is 0.537. The number of rotatable bonds is 3. The first-order chi connectivity index (χ1) is 8.80.